The lowest BCUT2D eigenvalue weighted by Gasteiger charge is -2.12. The monoisotopic (exact) mass is 462 g/mol. The first-order chi connectivity index (χ1) is 15.6. The smallest absolute Gasteiger partial charge is 0.308 e. The second-order valence-electron chi connectivity index (χ2n) is 7.69. The van der Waals surface area contributed by atoms with E-state index in [0.717, 1.165) is 45.3 Å². The van der Waals surface area contributed by atoms with Crippen LogP contribution in [-0.4, -0.2) is 78.0 Å². The first kappa shape index (κ1) is 30.8. The highest BCUT2D eigenvalue weighted by Crippen LogP contribution is 2.11. The minimum atomic E-state index is -0.237. The average Bonchev–Trinajstić information content (AvgIpc) is 2.79. The molecule has 0 aliphatic rings. The van der Waals surface area contributed by atoms with Gasteiger partial charge in [-0.1, -0.05) is 40.0 Å². The molecule has 190 valence electrons. The van der Waals surface area contributed by atoms with E-state index in [1.54, 1.807) is 0 Å². The van der Waals surface area contributed by atoms with Crippen molar-refractivity contribution < 1.29 is 38.0 Å². The van der Waals surface area contributed by atoms with E-state index in [9.17, 15) is 9.59 Å². The molecule has 0 spiro atoms. The number of carbonyl (C=O) groups excluding carboxylic acids is 2. The van der Waals surface area contributed by atoms with E-state index in [1.165, 1.54) is 0 Å². The predicted octanol–water partition coefficient (Wildman–Crippen LogP) is 3.94. The summed E-state index contributed by atoms with van der Waals surface area (Å²) in [6.07, 6.45) is 6.82. The number of ether oxygens (including phenoxy) is 6. The van der Waals surface area contributed by atoms with Crippen molar-refractivity contribution in [2.45, 2.75) is 72.1 Å². The second kappa shape index (κ2) is 24.4. The van der Waals surface area contributed by atoms with Crippen molar-refractivity contribution in [2.75, 3.05) is 66.1 Å². The van der Waals surface area contributed by atoms with Crippen LogP contribution in [0.15, 0.2) is 0 Å². The van der Waals surface area contributed by atoms with Gasteiger partial charge in [0.05, 0.1) is 45.6 Å². The van der Waals surface area contributed by atoms with E-state index in [1.807, 2.05) is 6.92 Å². The van der Waals surface area contributed by atoms with Gasteiger partial charge in [-0.15, -0.1) is 0 Å². The van der Waals surface area contributed by atoms with Crippen molar-refractivity contribution in [3.8, 4) is 0 Å². The van der Waals surface area contributed by atoms with Crippen LogP contribution in [0.5, 0.6) is 0 Å². The van der Waals surface area contributed by atoms with Crippen LogP contribution in [0.1, 0.15) is 72.1 Å². The first-order valence-electron chi connectivity index (χ1n) is 12.2. The SMILES string of the molecule is CCCCOCCOCCOC(=O)CCCCC(C)C(=O)OCCOCCOCCCC. The van der Waals surface area contributed by atoms with Crippen molar-refractivity contribution in [3.63, 3.8) is 0 Å². The summed E-state index contributed by atoms with van der Waals surface area (Å²) in [6.45, 7) is 11.0. The van der Waals surface area contributed by atoms with E-state index in [0.29, 0.717) is 58.9 Å². The van der Waals surface area contributed by atoms with Gasteiger partial charge in [0.1, 0.15) is 13.2 Å². The molecule has 0 bridgehead atoms. The fourth-order valence-corrected chi connectivity index (χ4v) is 2.60. The Balaban J connectivity index is 3.44. The molecule has 0 aliphatic heterocycles. The van der Waals surface area contributed by atoms with Gasteiger partial charge < -0.3 is 28.4 Å². The topological polar surface area (TPSA) is 89.5 Å². The van der Waals surface area contributed by atoms with Gasteiger partial charge in [-0.05, 0) is 25.7 Å². The van der Waals surface area contributed by atoms with Crippen LogP contribution in [0, 0.1) is 5.92 Å². The van der Waals surface area contributed by atoms with Gasteiger partial charge >= 0.3 is 11.9 Å². The average molecular weight is 463 g/mol. The van der Waals surface area contributed by atoms with Crippen molar-refractivity contribution in [3.05, 3.63) is 0 Å². The third-order valence-electron chi connectivity index (χ3n) is 4.66. The third-order valence-corrected chi connectivity index (χ3v) is 4.66. The molecule has 0 saturated carbocycles. The van der Waals surface area contributed by atoms with Crippen LogP contribution in [0.2, 0.25) is 0 Å². The van der Waals surface area contributed by atoms with Crippen molar-refractivity contribution in [1.29, 1.82) is 0 Å². The quantitative estimate of drug-likeness (QED) is 0.157. The number of unbranched alkanes of at least 4 members (excludes halogenated alkanes) is 3. The second-order valence-corrected chi connectivity index (χ2v) is 7.69. The fourth-order valence-electron chi connectivity index (χ4n) is 2.60. The van der Waals surface area contributed by atoms with Crippen LogP contribution in [0.25, 0.3) is 0 Å². The van der Waals surface area contributed by atoms with Crippen LogP contribution in [-0.2, 0) is 38.0 Å². The summed E-state index contributed by atoms with van der Waals surface area (Å²) in [5, 5.41) is 0. The molecule has 0 N–H and O–H groups in total. The largest absolute Gasteiger partial charge is 0.463 e. The Labute approximate surface area is 194 Å². The highest BCUT2D eigenvalue weighted by molar-refractivity contribution is 5.72. The first-order valence-corrected chi connectivity index (χ1v) is 12.2. The minimum Gasteiger partial charge on any atom is -0.463 e. The zero-order chi connectivity index (χ0) is 23.7. The van der Waals surface area contributed by atoms with Gasteiger partial charge in [-0.25, -0.2) is 0 Å². The summed E-state index contributed by atoms with van der Waals surface area (Å²) >= 11 is 0. The van der Waals surface area contributed by atoms with Gasteiger partial charge in [0.2, 0.25) is 0 Å². The van der Waals surface area contributed by atoms with E-state index < -0.39 is 0 Å². The van der Waals surface area contributed by atoms with E-state index in [4.69, 9.17) is 28.4 Å². The molecule has 0 radical (unpaired) electrons. The lowest BCUT2D eigenvalue weighted by Crippen LogP contribution is -2.18. The Morgan fingerprint density at radius 3 is 1.59 bits per heavy atom. The standard InChI is InChI=1S/C24H46O8/c1-4-6-12-27-14-16-29-18-20-31-23(25)11-9-8-10-22(3)24(26)32-21-19-30-17-15-28-13-7-5-2/h22H,4-21H2,1-3H3. The maximum Gasteiger partial charge on any atom is 0.308 e. The van der Waals surface area contributed by atoms with E-state index in [-0.39, 0.29) is 31.1 Å². The van der Waals surface area contributed by atoms with E-state index >= 15 is 0 Å². The van der Waals surface area contributed by atoms with Crippen LogP contribution in [0.3, 0.4) is 0 Å². The lowest BCUT2D eigenvalue weighted by atomic mass is 10.0. The Morgan fingerprint density at radius 2 is 1.06 bits per heavy atom. The Hall–Kier alpha value is -1.22. The molecule has 0 heterocycles. The van der Waals surface area contributed by atoms with Gasteiger partial charge in [-0.2, -0.15) is 0 Å². The van der Waals surface area contributed by atoms with Gasteiger partial charge in [0.25, 0.3) is 0 Å². The number of hydrogen-bond donors (Lipinski definition) is 0. The molecule has 1 atom stereocenters. The Morgan fingerprint density at radius 1 is 0.594 bits per heavy atom. The van der Waals surface area contributed by atoms with Crippen molar-refractivity contribution in [2.24, 2.45) is 5.92 Å². The van der Waals surface area contributed by atoms with Crippen LogP contribution < -0.4 is 0 Å². The van der Waals surface area contributed by atoms with Crippen molar-refractivity contribution in [1.82, 2.24) is 0 Å². The molecule has 32 heavy (non-hydrogen) atoms. The van der Waals surface area contributed by atoms with Crippen LogP contribution >= 0.6 is 0 Å². The predicted molar refractivity (Wildman–Crippen MR) is 123 cm³/mol. The summed E-state index contributed by atoms with van der Waals surface area (Å²) in [7, 11) is 0. The molecule has 8 nitrogen and oxygen atoms in total. The summed E-state index contributed by atoms with van der Waals surface area (Å²) in [6, 6.07) is 0. The Kier molecular flexibility index (Phi) is 23.5. The van der Waals surface area contributed by atoms with Gasteiger partial charge in [0.15, 0.2) is 0 Å². The molecular weight excluding hydrogens is 416 g/mol. The molecule has 0 aliphatic carbocycles. The molecule has 8 heteroatoms. The number of rotatable bonds is 24. The molecule has 0 saturated heterocycles. The highest BCUT2D eigenvalue weighted by Gasteiger charge is 2.14. The molecular formula is C24H46O8. The summed E-state index contributed by atoms with van der Waals surface area (Å²) in [5.74, 6) is -0.665. The van der Waals surface area contributed by atoms with E-state index in [2.05, 4.69) is 13.8 Å². The van der Waals surface area contributed by atoms with Crippen molar-refractivity contribution >= 4 is 11.9 Å². The zero-order valence-electron chi connectivity index (χ0n) is 20.6. The highest BCUT2D eigenvalue weighted by atomic mass is 16.6. The molecule has 0 aromatic rings. The molecule has 0 aromatic heterocycles. The Bertz CT molecular complexity index is 430. The summed E-state index contributed by atoms with van der Waals surface area (Å²) in [4.78, 5) is 23.7. The summed E-state index contributed by atoms with van der Waals surface area (Å²) in [5.41, 5.74) is 0. The minimum absolute atomic E-state index is 0.198. The van der Waals surface area contributed by atoms with Crippen LogP contribution in [0.4, 0.5) is 0 Å². The lowest BCUT2D eigenvalue weighted by molar-refractivity contribution is -0.149. The third kappa shape index (κ3) is 22.0. The summed E-state index contributed by atoms with van der Waals surface area (Å²) < 4.78 is 31.8. The number of esters is 2. The molecule has 0 aromatic carbocycles. The molecule has 1 unspecified atom stereocenters. The maximum atomic E-state index is 12.0. The maximum absolute atomic E-state index is 12.0. The molecule has 0 rings (SSSR count). The van der Waals surface area contributed by atoms with Gasteiger partial charge in [0, 0.05) is 19.6 Å². The molecule has 0 fully saturated rings. The van der Waals surface area contributed by atoms with Gasteiger partial charge in [-0.3, -0.25) is 9.59 Å². The number of carbonyl (C=O) groups is 2. The zero-order valence-corrected chi connectivity index (χ0v) is 20.6. The fraction of sp³-hybridized carbons (Fsp3) is 0.917. The molecule has 0 amide bonds. The number of hydrogen-bond acceptors (Lipinski definition) is 8. The normalized spacial score (nSPS) is 12.0.